The van der Waals surface area contributed by atoms with Crippen LogP contribution in [0.5, 0.6) is 0 Å². The summed E-state index contributed by atoms with van der Waals surface area (Å²) < 4.78 is 0. The van der Waals surface area contributed by atoms with Gasteiger partial charge in [0.2, 0.25) is 5.91 Å². The van der Waals surface area contributed by atoms with Crippen LogP contribution in [0.3, 0.4) is 0 Å². The van der Waals surface area contributed by atoms with E-state index in [1.165, 1.54) is 38.5 Å². The van der Waals surface area contributed by atoms with Crippen molar-refractivity contribution in [3.05, 3.63) is 24.3 Å². The van der Waals surface area contributed by atoms with Gasteiger partial charge in [-0.25, -0.2) is 0 Å². The summed E-state index contributed by atoms with van der Waals surface area (Å²) in [5, 5.41) is 22.2. The summed E-state index contributed by atoms with van der Waals surface area (Å²) in [4.78, 5) is 11.8. The summed E-state index contributed by atoms with van der Waals surface area (Å²) in [5.41, 5.74) is 0. The van der Waals surface area contributed by atoms with Crippen LogP contribution in [-0.2, 0) is 4.79 Å². The van der Waals surface area contributed by atoms with E-state index in [9.17, 15) is 15.0 Å². The van der Waals surface area contributed by atoms with Crippen molar-refractivity contribution in [1.29, 1.82) is 0 Å². The second-order valence-corrected chi connectivity index (χ2v) is 7.34. The number of hydrogen-bond donors (Lipinski definition) is 3. The molecule has 0 bridgehead atoms. The normalized spacial score (nSPS) is 14.1. The molecule has 0 aliphatic heterocycles. The molecular formula is C23H43NO3. The first kappa shape index (κ1) is 25.9. The molecule has 0 saturated carbocycles. The predicted octanol–water partition coefficient (Wildman–Crippen LogP) is 5.05. The lowest BCUT2D eigenvalue weighted by Gasteiger charge is -2.19. The van der Waals surface area contributed by atoms with Crippen LogP contribution < -0.4 is 5.32 Å². The summed E-state index contributed by atoms with van der Waals surface area (Å²) in [7, 11) is 0. The van der Waals surface area contributed by atoms with Gasteiger partial charge < -0.3 is 15.5 Å². The van der Waals surface area contributed by atoms with Gasteiger partial charge in [0.1, 0.15) is 0 Å². The number of carbonyl (C=O) groups is 1. The fourth-order valence-electron chi connectivity index (χ4n) is 2.89. The number of carbonyl (C=O) groups excluding carboxylic acids is 1. The van der Waals surface area contributed by atoms with Crippen LogP contribution in [0.15, 0.2) is 24.3 Å². The van der Waals surface area contributed by atoms with Crippen molar-refractivity contribution in [1.82, 2.24) is 5.32 Å². The highest BCUT2D eigenvalue weighted by Gasteiger charge is 2.17. The topological polar surface area (TPSA) is 69.6 Å². The van der Waals surface area contributed by atoms with Crippen molar-refractivity contribution >= 4 is 5.91 Å². The molecule has 0 radical (unpaired) electrons. The number of aliphatic hydroxyl groups is 2. The quantitative estimate of drug-likeness (QED) is 0.230. The van der Waals surface area contributed by atoms with Gasteiger partial charge in [-0.3, -0.25) is 4.79 Å². The second kappa shape index (κ2) is 19.6. The Morgan fingerprint density at radius 1 is 0.852 bits per heavy atom. The standard InChI is InChI=1S/C23H43NO3/c1-3-5-7-8-9-10-11-12-13-14-15-17-18-22(26)21(20-25)24-23(27)19-16-6-4-2/h12-13,17-18,21-22,25-26H,3-11,14-16,19-20H2,1-2H3,(H,24,27)/b13-12+,18-17+. The van der Waals surface area contributed by atoms with Crippen molar-refractivity contribution in [2.75, 3.05) is 6.61 Å². The molecule has 0 aromatic heterocycles. The highest BCUT2D eigenvalue weighted by molar-refractivity contribution is 5.76. The van der Waals surface area contributed by atoms with Gasteiger partial charge in [-0.15, -0.1) is 0 Å². The van der Waals surface area contributed by atoms with E-state index in [2.05, 4.69) is 31.3 Å². The Morgan fingerprint density at radius 3 is 2.15 bits per heavy atom. The van der Waals surface area contributed by atoms with E-state index in [1.54, 1.807) is 6.08 Å². The minimum absolute atomic E-state index is 0.104. The van der Waals surface area contributed by atoms with Gasteiger partial charge in [-0.05, 0) is 32.1 Å². The number of amides is 1. The molecule has 4 heteroatoms. The van der Waals surface area contributed by atoms with Crippen LogP contribution in [-0.4, -0.2) is 34.9 Å². The number of aliphatic hydroxyl groups excluding tert-OH is 2. The molecule has 3 N–H and O–H groups in total. The van der Waals surface area contributed by atoms with E-state index in [0.29, 0.717) is 6.42 Å². The third-order valence-electron chi connectivity index (χ3n) is 4.69. The van der Waals surface area contributed by atoms with Gasteiger partial charge in [0.05, 0.1) is 18.8 Å². The number of unbranched alkanes of at least 4 members (excludes halogenated alkanes) is 9. The fourth-order valence-corrected chi connectivity index (χ4v) is 2.89. The summed E-state index contributed by atoms with van der Waals surface area (Å²) in [6.45, 7) is 4.07. The number of allylic oxidation sites excluding steroid dienone is 3. The molecule has 2 unspecified atom stereocenters. The Labute approximate surface area is 167 Å². The third kappa shape index (κ3) is 16.7. The SMILES string of the molecule is CCCCCCCC/C=C/CC/C=C/C(O)C(CO)NC(=O)CCCCC. The molecular weight excluding hydrogens is 338 g/mol. The maximum atomic E-state index is 11.8. The zero-order valence-corrected chi connectivity index (χ0v) is 17.7. The summed E-state index contributed by atoms with van der Waals surface area (Å²) in [6.07, 6.45) is 21.5. The molecule has 0 rings (SSSR count). The van der Waals surface area contributed by atoms with Gasteiger partial charge in [-0.1, -0.05) is 83.1 Å². The first-order valence-corrected chi connectivity index (χ1v) is 11.1. The molecule has 0 aromatic carbocycles. The molecule has 2 atom stereocenters. The first-order chi connectivity index (χ1) is 13.2. The van der Waals surface area contributed by atoms with Crippen LogP contribution in [0.25, 0.3) is 0 Å². The summed E-state index contributed by atoms with van der Waals surface area (Å²) >= 11 is 0. The Hall–Kier alpha value is -1.13. The zero-order valence-electron chi connectivity index (χ0n) is 17.7. The lowest BCUT2D eigenvalue weighted by molar-refractivity contribution is -0.123. The highest BCUT2D eigenvalue weighted by Crippen LogP contribution is 2.08. The minimum atomic E-state index is -0.850. The van der Waals surface area contributed by atoms with Crippen LogP contribution in [0.1, 0.15) is 97.3 Å². The molecule has 0 aromatic rings. The summed E-state index contributed by atoms with van der Waals surface area (Å²) in [6, 6.07) is -0.626. The molecule has 4 nitrogen and oxygen atoms in total. The molecule has 0 aliphatic rings. The molecule has 0 aliphatic carbocycles. The molecule has 0 spiro atoms. The molecule has 27 heavy (non-hydrogen) atoms. The van der Waals surface area contributed by atoms with Crippen molar-refractivity contribution < 1.29 is 15.0 Å². The van der Waals surface area contributed by atoms with Crippen molar-refractivity contribution in [2.24, 2.45) is 0 Å². The second-order valence-electron chi connectivity index (χ2n) is 7.34. The van der Waals surface area contributed by atoms with Crippen LogP contribution in [0.4, 0.5) is 0 Å². The Balaban J connectivity index is 3.82. The van der Waals surface area contributed by atoms with Crippen LogP contribution >= 0.6 is 0 Å². The van der Waals surface area contributed by atoms with E-state index in [0.717, 1.165) is 38.5 Å². The number of nitrogens with one attached hydrogen (secondary N) is 1. The van der Waals surface area contributed by atoms with Gasteiger partial charge in [0.25, 0.3) is 0 Å². The number of hydrogen-bond acceptors (Lipinski definition) is 3. The molecule has 1 amide bonds. The van der Waals surface area contributed by atoms with E-state index >= 15 is 0 Å². The Kier molecular flexibility index (Phi) is 18.8. The first-order valence-electron chi connectivity index (χ1n) is 11.1. The van der Waals surface area contributed by atoms with Crippen molar-refractivity contribution in [3.63, 3.8) is 0 Å². The van der Waals surface area contributed by atoms with Gasteiger partial charge in [-0.2, -0.15) is 0 Å². The van der Waals surface area contributed by atoms with Gasteiger partial charge in [0.15, 0.2) is 0 Å². The van der Waals surface area contributed by atoms with Crippen molar-refractivity contribution in [2.45, 2.75) is 109 Å². The molecule has 0 heterocycles. The van der Waals surface area contributed by atoms with Gasteiger partial charge in [0, 0.05) is 6.42 Å². The third-order valence-corrected chi connectivity index (χ3v) is 4.69. The molecule has 0 saturated heterocycles. The van der Waals surface area contributed by atoms with Crippen molar-refractivity contribution in [3.8, 4) is 0 Å². The van der Waals surface area contributed by atoms with E-state index in [-0.39, 0.29) is 12.5 Å². The summed E-state index contributed by atoms with van der Waals surface area (Å²) in [5.74, 6) is -0.104. The molecule has 0 fully saturated rings. The average molecular weight is 382 g/mol. The largest absolute Gasteiger partial charge is 0.394 e. The van der Waals surface area contributed by atoms with E-state index in [1.807, 2.05) is 6.08 Å². The predicted molar refractivity (Wildman–Crippen MR) is 115 cm³/mol. The van der Waals surface area contributed by atoms with Crippen LogP contribution in [0, 0.1) is 0 Å². The maximum Gasteiger partial charge on any atom is 0.220 e. The fraction of sp³-hybridized carbons (Fsp3) is 0.783. The van der Waals surface area contributed by atoms with E-state index in [4.69, 9.17) is 0 Å². The lowest BCUT2D eigenvalue weighted by Crippen LogP contribution is -2.45. The van der Waals surface area contributed by atoms with Gasteiger partial charge >= 0.3 is 0 Å². The Bertz CT molecular complexity index is 393. The van der Waals surface area contributed by atoms with E-state index < -0.39 is 12.1 Å². The van der Waals surface area contributed by atoms with Crippen LogP contribution in [0.2, 0.25) is 0 Å². The molecule has 158 valence electrons. The monoisotopic (exact) mass is 381 g/mol. The number of rotatable bonds is 18. The minimum Gasteiger partial charge on any atom is -0.394 e. The lowest BCUT2D eigenvalue weighted by atomic mass is 10.1. The zero-order chi connectivity index (χ0) is 20.2. The Morgan fingerprint density at radius 2 is 1.44 bits per heavy atom. The maximum absolute atomic E-state index is 11.8. The highest BCUT2D eigenvalue weighted by atomic mass is 16.3. The average Bonchev–Trinajstić information content (AvgIpc) is 2.67. The smallest absolute Gasteiger partial charge is 0.220 e.